The van der Waals surface area contributed by atoms with Crippen molar-refractivity contribution in [2.24, 2.45) is 13.0 Å². The summed E-state index contributed by atoms with van der Waals surface area (Å²) in [6.45, 7) is 0.870. The molecule has 20 heavy (non-hydrogen) atoms. The Morgan fingerprint density at radius 1 is 1.35 bits per heavy atom. The highest BCUT2D eigenvalue weighted by atomic mass is 16.5. The number of hydrogen-bond acceptors (Lipinski definition) is 3. The van der Waals surface area contributed by atoms with Gasteiger partial charge in [-0.15, -0.1) is 0 Å². The molecule has 1 aromatic heterocycles. The van der Waals surface area contributed by atoms with Crippen molar-refractivity contribution in [3.63, 3.8) is 0 Å². The first kappa shape index (κ1) is 12.0. The predicted molar refractivity (Wildman–Crippen MR) is 77.4 cm³/mol. The van der Waals surface area contributed by atoms with Crippen molar-refractivity contribution in [1.29, 1.82) is 0 Å². The average molecular weight is 269 g/mol. The van der Waals surface area contributed by atoms with Gasteiger partial charge in [-0.3, -0.25) is 4.68 Å². The number of hydrogen-bond donors (Lipinski definition) is 1. The Labute approximate surface area is 118 Å². The van der Waals surface area contributed by atoms with Gasteiger partial charge in [-0.2, -0.15) is 5.10 Å². The third-order valence-corrected chi connectivity index (χ3v) is 4.46. The minimum absolute atomic E-state index is 0.214. The molecule has 1 saturated heterocycles. The van der Waals surface area contributed by atoms with Crippen molar-refractivity contribution >= 4 is 5.69 Å². The van der Waals surface area contributed by atoms with E-state index in [4.69, 9.17) is 4.74 Å². The van der Waals surface area contributed by atoms with Crippen molar-refractivity contribution < 1.29 is 4.74 Å². The summed E-state index contributed by atoms with van der Waals surface area (Å²) in [5, 5.41) is 8.01. The third kappa shape index (κ3) is 1.83. The number of ether oxygens (including phenoxy) is 1. The van der Waals surface area contributed by atoms with Crippen LogP contribution in [0.25, 0.3) is 0 Å². The van der Waals surface area contributed by atoms with E-state index in [1.807, 2.05) is 17.9 Å². The molecular formula is C16H19N3O. The van der Waals surface area contributed by atoms with Gasteiger partial charge in [0.25, 0.3) is 0 Å². The molecule has 0 saturated carbocycles. The van der Waals surface area contributed by atoms with Crippen LogP contribution < -0.4 is 5.32 Å². The molecular weight excluding hydrogens is 250 g/mol. The zero-order chi connectivity index (χ0) is 13.5. The lowest BCUT2D eigenvalue weighted by Crippen LogP contribution is -2.35. The first-order valence-corrected chi connectivity index (χ1v) is 7.28. The molecule has 1 aromatic carbocycles. The van der Waals surface area contributed by atoms with E-state index in [2.05, 4.69) is 40.9 Å². The lowest BCUT2D eigenvalue weighted by atomic mass is 9.78. The molecule has 4 nitrogen and oxygen atoms in total. The Morgan fingerprint density at radius 2 is 2.25 bits per heavy atom. The number of benzene rings is 1. The maximum Gasteiger partial charge on any atom is 0.0895 e. The van der Waals surface area contributed by atoms with Crippen molar-refractivity contribution in [3.8, 4) is 0 Å². The Morgan fingerprint density at radius 3 is 3.10 bits per heavy atom. The fourth-order valence-corrected chi connectivity index (χ4v) is 3.55. The Hall–Kier alpha value is -1.81. The molecule has 0 spiro atoms. The summed E-state index contributed by atoms with van der Waals surface area (Å²) in [5.74, 6) is 0.489. The van der Waals surface area contributed by atoms with Crippen LogP contribution >= 0.6 is 0 Å². The summed E-state index contributed by atoms with van der Waals surface area (Å²) in [7, 11) is 1.97. The van der Waals surface area contributed by atoms with Gasteiger partial charge in [0.05, 0.1) is 18.3 Å². The average Bonchev–Trinajstić information content (AvgIpc) is 2.93. The van der Waals surface area contributed by atoms with E-state index < -0.39 is 0 Å². The number of para-hydroxylation sites is 1. The molecule has 2 aromatic rings. The summed E-state index contributed by atoms with van der Waals surface area (Å²) >= 11 is 0. The molecule has 4 heteroatoms. The number of aryl methyl sites for hydroxylation is 1. The second-order valence-corrected chi connectivity index (χ2v) is 5.75. The molecule has 0 aliphatic carbocycles. The number of rotatable bonds is 1. The Balaban J connectivity index is 1.77. The molecule has 3 atom stereocenters. The second kappa shape index (κ2) is 4.63. The lowest BCUT2D eigenvalue weighted by molar-refractivity contribution is -0.0381. The monoisotopic (exact) mass is 269 g/mol. The highest BCUT2D eigenvalue weighted by Crippen LogP contribution is 2.48. The maximum atomic E-state index is 6.10. The quantitative estimate of drug-likeness (QED) is 0.865. The molecule has 4 rings (SSSR count). The normalized spacial score (nSPS) is 28.4. The van der Waals surface area contributed by atoms with Crippen LogP contribution in [0.3, 0.4) is 0 Å². The van der Waals surface area contributed by atoms with Gasteiger partial charge < -0.3 is 10.1 Å². The number of aromatic nitrogens is 2. The van der Waals surface area contributed by atoms with Crippen LogP contribution in [0.15, 0.2) is 36.7 Å². The molecule has 0 radical (unpaired) electrons. The van der Waals surface area contributed by atoms with Crippen molar-refractivity contribution in [3.05, 3.63) is 47.8 Å². The van der Waals surface area contributed by atoms with E-state index in [1.165, 1.54) is 23.2 Å². The van der Waals surface area contributed by atoms with Crippen LogP contribution in [0.5, 0.6) is 0 Å². The molecule has 0 amide bonds. The van der Waals surface area contributed by atoms with Gasteiger partial charge in [-0.25, -0.2) is 0 Å². The van der Waals surface area contributed by atoms with Gasteiger partial charge in [0.2, 0.25) is 0 Å². The van der Waals surface area contributed by atoms with Crippen LogP contribution in [0.2, 0.25) is 0 Å². The minimum Gasteiger partial charge on any atom is -0.377 e. The standard InChI is InChI=1S/C16H19N3O/c1-19-10-11(9-17-19)15-13-6-4-8-20-16(13)12-5-2-3-7-14(12)18-15/h2-3,5,7,9-10,13,15-16,18H,4,6,8H2,1H3/t13-,15+,16+/m1/s1. The van der Waals surface area contributed by atoms with Gasteiger partial charge in [0.15, 0.2) is 0 Å². The molecule has 3 heterocycles. The highest BCUT2D eigenvalue weighted by Gasteiger charge is 2.39. The molecule has 104 valence electrons. The van der Waals surface area contributed by atoms with Crippen LogP contribution in [0.4, 0.5) is 5.69 Å². The molecule has 0 bridgehead atoms. The summed E-state index contributed by atoms with van der Waals surface area (Å²) in [6.07, 6.45) is 6.63. The first-order chi connectivity index (χ1) is 9.83. The fraction of sp³-hybridized carbons (Fsp3) is 0.438. The summed E-state index contributed by atoms with van der Waals surface area (Å²) in [6, 6.07) is 8.80. The Bertz CT molecular complexity index is 622. The topological polar surface area (TPSA) is 39.1 Å². The maximum absolute atomic E-state index is 6.10. The van der Waals surface area contributed by atoms with Crippen molar-refractivity contribution in [1.82, 2.24) is 9.78 Å². The minimum atomic E-state index is 0.214. The van der Waals surface area contributed by atoms with Crippen LogP contribution in [0, 0.1) is 5.92 Å². The van der Waals surface area contributed by atoms with E-state index in [1.54, 1.807) is 0 Å². The Kier molecular flexibility index (Phi) is 2.77. The van der Waals surface area contributed by atoms with Gasteiger partial charge in [0.1, 0.15) is 0 Å². The van der Waals surface area contributed by atoms with Gasteiger partial charge >= 0.3 is 0 Å². The van der Waals surface area contributed by atoms with Crippen molar-refractivity contribution in [2.75, 3.05) is 11.9 Å². The lowest BCUT2D eigenvalue weighted by Gasteiger charge is -2.42. The van der Waals surface area contributed by atoms with Crippen LogP contribution in [-0.4, -0.2) is 16.4 Å². The largest absolute Gasteiger partial charge is 0.377 e. The molecule has 1 N–H and O–H groups in total. The zero-order valence-electron chi connectivity index (χ0n) is 11.6. The smallest absolute Gasteiger partial charge is 0.0895 e. The summed E-state index contributed by atoms with van der Waals surface area (Å²) in [4.78, 5) is 0. The number of fused-ring (bicyclic) bond motifs is 3. The predicted octanol–water partition coefficient (Wildman–Crippen LogP) is 3.05. The zero-order valence-corrected chi connectivity index (χ0v) is 11.6. The van der Waals surface area contributed by atoms with E-state index in [9.17, 15) is 0 Å². The molecule has 2 aliphatic heterocycles. The first-order valence-electron chi connectivity index (χ1n) is 7.28. The highest BCUT2D eigenvalue weighted by molar-refractivity contribution is 5.56. The summed E-state index contributed by atoms with van der Waals surface area (Å²) < 4.78 is 7.97. The summed E-state index contributed by atoms with van der Waals surface area (Å²) in [5.41, 5.74) is 3.75. The number of nitrogens with one attached hydrogen (secondary N) is 1. The molecule has 1 fully saturated rings. The molecule has 0 unspecified atom stereocenters. The van der Waals surface area contributed by atoms with Crippen LogP contribution in [0.1, 0.15) is 36.1 Å². The van der Waals surface area contributed by atoms with E-state index in [0.29, 0.717) is 12.0 Å². The van der Waals surface area contributed by atoms with E-state index in [-0.39, 0.29) is 6.10 Å². The third-order valence-electron chi connectivity index (χ3n) is 4.46. The van der Waals surface area contributed by atoms with Crippen LogP contribution in [-0.2, 0) is 11.8 Å². The second-order valence-electron chi connectivity index (χ2n) is 5.75. The SMILES string of the molecule is Cn1cc([C@@H]2Nc3ccccc3[C@@H]3OCCC[C@H]23)cn1. The molecule has 2 aliphatic rings. The van der Waals surface area contributed by atoms with Gasteiger partial charge in [-0.05, 0) is 18.9 Å². The fourth-order valence-electron chi connectivity index (χ4n) is 3.55. The number of nitrogens with zero attached hydrogens (tertiary/aromatic N) is 2. The van der Waals surface area contributed by atoms with Gasteiger partial charge in [-0.1, -0.05) is 18.2 Å². The van der Waals surface area contributed by atoms with E-state index >= 15 is 0 Å². The van der Waals surface area contributed by atoms with Crippen molar-refractivity contribution in [2.45, 2.75) is 25.0 Å². The number of anilines is 1. The van der Waals surface area contributed by atoms with E-state index in [0.717, 1.165) is 13.0 Å². The van der Waals surface area contributed by atoms with Gasteiger partial charge in [0, 0.05) is 42.6 Å².